The molecule has 0 aliphatic heterocycles. The second kappa shape index (κ2) is 7.80. The molecule has 0 saturated heterocycles. The first-order valence-corrected chi connectivity index (χ1v) is 9.23. The van der Waals surface area contributed by atoms with Crippen LogP contribution in [-0.2, 0) is 14.8 Å². The Balaban J connectivity index is 2.70. The maximum absolute atomic E-state index is 13.1. The monoisotopic (exact) mass is 414 g/mol. The number of hydrogen-bond donors (Lipinski definition) is 1. The maximum Gasteiger partial charge on any atom is 0.324 e. The van der Waals surface area contributed by atoms with Crippen molar-refractivity contribution in [1.82, 2.24) is 0 Å². The first kappa shape index (κ1) is 20.5. The molecular formula is C16H15ClN2O7S. The van der Waals surface area contributed by atoms with E-state index >= 15 is 0 Å². The number of aliphatic carboxylic acids is 1. The lowest BCUT2D eigenvalue weighted by molar-refractivity contribution is -0.385. The second-order valence-corrected chi connectivity index (χ2v) is 7.73. The zero-order chi connectivity index (χ0) is 20.4. The van der Waals surface area contributed by atoms with Gasteiger partial charge in [0.1, 0.15) is 12.3 Å². The van der Waals surface area contributed by atoms with E-state index in [1.54, 1.807) is 0 Å². The number of aryl methyl sites for hydroxylation is 1. The number of sulfonamides is 1. The summed E-state index contributed by atoms with van der Waals surface area (Å²) in [5.41, 5.74) is -0.232. The summed E-state index contributed by atoms with van der Waals surface area (Å²) in [5, 5.41) is 20.5. The van der Waals surface area contributed by atoms with Crippen LogP contribution >= 0.6 is 11.6 Å². The Morgan fingerprint density at radius 1 is 1.30 bits per heavy atom. The van der Waals surface area contributed by atoms with Crippen LogP contribution in [-0.4, -0.2) is 38.1 Å². The van der Waals surface area contributed by atoms with Crippen molar-refractivity contribution in [2.45, 2.75) is 11.8 Å². The van der Waals surface area contributed by atoms with E-state index in [4.69, 9.17) is 16.3 Å². The largest absolute Gasteiger partial charge is 0.495 e. The number of nitrogens with zero attached hydrogens (tertiary/aromatic N) is 2. The standard InChI is InChI=1S/C16H15ClN2O7S/c1-10-3-5-12(8-13(10)19(22)23)27(24,25)18(9-16(20)21)14-7-11(17)4-6-15(14)26-2/h3-8H,9H2,1-2H3,(H,20,21). The summed E-state index contributed by atoms with van der Waals surface area (Å²) in [7, 11) is -3.18. The number of anilines is 1. The average Bonchev–Trinajstić information content (AvgIpc) is 2.59. The van der Waals surface area contributed by atoms with Crippen LogP contribution in [0, 0.1) is 17.0 Å². The van der Waals surface area contributed by atoms with Crippen molar-refractivity contribution >= 4 is 39.0 Å². The van der Waals surface area contributed by atoms with Crippen molar-refractivity contribution in [2.24, 2.45) is 0 Å². The van der Waals surface area contributed by atoms with Gasteiger partial charge in [0.2, 0.25) is 0 Å². The van der Waals surface area contributed by atoms with Crippen LogP contribution in [0.1, 0.15) is 5.56 Å². The van der Waals surface area contributed by atoms with Crippen LogP contribution < -0.4 is 9.04 Å². The Hall–Kier alpha value is -2.85. The van der Waals surface area contributed by atoms with Crippen molar-refractivity contribution < 1.29 is 28.0 Å². The molecule has 0 unspecified atom stereocenters. The molecular weight excluding hydrogens is 400 g/mol. The van der Waals surface area contributed by atoms with Crippen molar-refractivity contribution in [3.63, 3.8) is 0 Å². The van der Waals surface area contributed by atoms with Gasteiger partial charge in [-0.2, -0.15) is 0 Å². The molecule has 0 spiro atoms. The van der Waals surface area contributed by atoms with Crippen LogP contribution in [0.15, 0.2) is 41.3 Å². The zero-order valence-electron chi connectivity index (χ0n) is 14.2. The Morgan fingerprint density at radius 2 is 1.96 bits per heavy atom. The van der Waals surface area contributed by atoms with Gasteiger partial charge >= 0.3 is 5.97 Å². The Morgan fingerprint density at radius 3 is 2.52 bits per heavy atom. The molecule has 0 aliphatic carbocycles. The molecule has 9 nitrogen and oxygen atoms in total. The number of benzene rings is 2. The number of ether oxygens (including phenoxy) is 1. The van der Waals surface area contributed by atoms with Crippen molar-refractivity contribution in [3.05, 3.63) is 57.1 Å². The van der Waals surface area contributed by atoms with Gasteiger partial charge in [-0.05, 0) is 31.2 Å². The molecule has 0 atom stereocenters. The van der Waals surface area contributed by atoms with E-state index < -0.39 is 38.0 Å². The van der Waals surface area contributed by atoms with Gasteiger partial charge in [0, 0.05) is 16.7 Å². The zero-order valence-corrected chi connectivity index (χ0v) is 15.8. The summed E-state index contributed by atoms with van der Waals surface area (Å²) in [6, 6.07) is 7.41. The highest BCUT2D eigenvalue weighted by molar-refractivity contribution is 7.92. The molecule has 27 heavy (non-hydrogen) atoms. The van der Waals surface area contributed by atoms with Gasteiger partial charge in [-0.1, -0.05) is 17.7 Å². The van der Waals surface area contributed by atoms with Gasteiger partial charge in [0.25, 0.3) is 15.7 Å². The molecule has 0 fully saturated rings. The number of halogens is 1. The highest BCUT2D eigenvalue weighted by atomic mass is 35.5. The number of methoxy groups -OCH3 is 1. The molecule has 2 aromatic carbocycles. The van der Waals surface area contributed by atoms with Crippen LogP contribution in [0.4, 0.5) is 11.4 Å². The van der Waals surface area contributed by atoms with Crippen LogP contribution in [0.5, 0.6) is 5.75 Å². The van der Waals surface area contributed by atoms with Crippen molar-refractivity contribution in [1.29, 1.82) is 0 Å². The smallest absolute Gasteiger partial charge is 0.324 e. The predicted octanol–water partition coefficient (Wildman–Crippen LogP) is 2.85. The van der Waals surface area contributed by atoms with Crippen LogP contribution in [0.25, 0.3) is 0 Å². The SMILES string of the molecule is COc1ccc(Cl)cc1N(CC(=O)O)S(=O)(=O)c1ccc(C)c([N+](=O)[O-])c1. The number of rotatable bonds is 7. The van der Waals surface area contributed by atoms with Gasteiger partial charge in [-0.3, -0.25) is 19.2 Å². The van der Waals surface area contributed by atoms with E-state index in [1.165, 1.54) is 44.4 Å². The first-order valence-electron chi connectivity index (χ1n) is 7.41. The second-order valence-electron chi connectivity index (χ2n) is 5.43. The molecule has 0 bridgehead atoms. The van der Waals surface area contributed by atoms with E-state index in [-0.39, 0.29) is 22.0 Å². The molecule has 0 amide bonds. The average molecular weight is 415 g/mol. The topological polar surface area (TPSA) is 127 Å². The van der Waals surface area contributed by atoms with Gasteiger partial charge < -0.3 is 9.84 Å². The molecule has 0 saturated carbocycles. The molecule has 144 valence electrons. The fraction of sp³-hybridized carbons (Fsp3) is 0.188. The quantitative estimate of drug-likeness (QED) is 0.545. The summed E-state index contributed by atoms with van der Waals surface area (Å²) in [5.74, 6) is -1.35. The number of nitro benzene ring substituents is 1. The van der Waals surface area contributed by atoms with Gasteiger partial charge in [-0.25, -0.2) is 8.42 Å². The van der Waals surface area contributed by atoms with Crippen molar-refractivity contribution in [3.8, 4) is 5.75 Å². The van der Waals surface area contributed by atoms with E-state index in [0.29, 0.717) is 4.31 Å². The van der Waals surface area contributed by atoms with E-state index in [2.05, 4.69) is 0 Å². The van der Waals surface area contributed by atoms with Crippen LogP contribution in [0.2, 0.25) is 5.02 Å². The minimum atomic E-state index is -4.46. The minimum Gasteiger partial charge on any atom is -0.495 e. The summed E-state index contributed by atoms with van der Waals surface area (Å²) in [6.45, 7) is 0.532. The summed E-state index contributed by atoms with van der Waals surface area (Å²) in [6.07, 6.45) is 0. The minimum absolute atomic E-state index is 0.0748. The van der Waals surface area contributed by atoms with E-state index in [1.807, 2.05) is 0 Å². The predicted molar refractivity (Wildman–Crippen MR) is 98.0 cm³/mol. The summed E-state index contributed by atoms with van der Waals surface area (Å²) in [4.78, 5) is 21.3. The van der Waals surface area contributed by atoms with Gasteiger partial charge in [-0.15, -0.1) is 0 Å². The summed E-state index contributed by atoms with van der Waals surface area (Å²) >= 11 is 5.92. The lowest BCUT2D eigenvalue weighted by Gasteiger charge is -2.24. The van der Waals surface area contributed by atoms with Crippen LogP contribution in [0.3, 0.4) is 0 Å². The Labute approximate surface area is 159 Å². The normalized spacial score (nSPS) is 11.1. The van der Waals surface area contributed by atoms with Crippen molar-refractivity contribution in [2.75, 3.05) is 18.0 Å². The molecule has 2 aromatic rings. The number of carbonyl (C=O) groups is 1. The summed E-state index contributed by atoms with van der Waals surface area (Å²) < 4.78 is 31.8. The maximum atomic E-state index is 13.1. The third-order valence-electron chi connectivity index (χ3n) is 3.65. The highest BCUT2D eigenvalue weighted by Gasteiger charge is 2.31. The third kappa shape index (κ3) is 4.29. The first-order chi connectivity index (χ1) is 12.6. The molecule has 0 aromatic heterocycles. The number of carboxylic acids is 1. The fourth-order valence-corrected chi connectivity index (χ4v) is 3.96. The molecule has 2 rings (SSSR count). The van der Waals surface area contributed by atoms with E-state index in [0.717, 1.165) is 6.07 Å². The lowest BCUT2D eigenvalue weighted by Crippen LogP contribution is -2.36. The molecule has 0 aliphatic rings. The van der Waals surface area contributed by atoms with Gasteiger partial charge in [0.15, 0.2) is 0 Å². The number of hydrogen-bond acceptors (Lipinski definition) is 6. The fourth-order valence-electron chi connectivity index (χ4n) is 2.35. The molecule has 11 heteroatoms. The highest BCUT2D eigenvalue weighted by Crippen LogP contribution is 2.35. The molecule has 0 heterocycles. The Kier molecular flexibility index (Phi) is 5.91. The number of carboxylic acid groups (broad SMARTS) is 1. The Bertz CT molecular complexity index is 1010. The third-order valence-corrected chi connectivity index (χ3v) is 5.64. The van der Waals surface area contributed by atoms with E-state index in [9.17, 15) is 28.4 Å². The molecule has 1 N–H and O–H groups in total. The molecule has 0 radical (unpaired) electrons. The lowest BCUT2D eigenvalue weighted by atomic mass is 10.2. The van der Waals surface area contributed by atoms with Gasteiger partial charge in [0.05, 0.1) is 22.6 Å². The number of nitro groups is 1.